The minimum atomic E-state index is -0.165. The average molecular weight is 295 g/mol. The molecule has 20 heavy (non-hydrogen) atoms. The highest BCUT2D eigenvalue weighted by molar-refractivity contribution is 6.20. The molecular formula is C14H19ClN4O. The van der Waals surface area contributed by atoms with Gasteiger partial charge < -0.3 is 9.30 Å². The van der Waals surface area contributed by atoms with Crippen molar-refractivity contribution in [2.45, 2.75) is 44.5 Å². The third-order valence-corrected chi connectivity index (χ3v) is 4.36. The lowest BCUT2D eigenvalue weighted by Gasteiger charge is -2.21. The van der Waals surface area contributed by atoms with Gasteiger partial charge in [0.25, 0.3) is 0 Å². The van der Waals surface area contributed by atoms with E-state index in [4.69, 9.17) is 16.3 Å². The van der Waals surface area contributed by atoms with Gasteiger partial charge in [0.05, 0.1) is 12.5 Å². The van der Waals surface area contributed by atoms with Crippen LogP contribution in [-0.2, 0) is 0 Å². The molecule has 0 radical (unpaired) electrons. The first-order valence-corrected chi connectivity index (χ1v) is 7.48. The molecule has 3 unspecified atom stereocenters. The number of fused-ring (bicyclic) bond motifs is 1. The van der Waals surface area contributed by atoms with E-state index >= 15 is 0 Å². The fourth-order valence-electron chi connectivity index (χ4n) is 3.17. The molecule has 1 aliphatic carbocycles. The van der Waals surface area contributed by atoms with E-state index in [2.05, 4.69) is 26.4 Å². The Labute approximate surface area is 123 Å². The van der Waals surface area contributed by atoms with Crippen LogP contribution in [0.5, 0.6) is 5.88 Å². The van der Waals surface area contributed by atoms with Gasteiger partial charge in [-0.2, -0.15) is 4.98 Å². The van der Waals surface area contributed by atoms with Crippen LogP contribution in [0.3, 0.4) is 0 Å². The summed E-state index contributed by atoms with van der Waals surface area (Å²) in [5.41, 5.74) is 1.54. The van der Waals surface area contributed by atoms with Gasteiger partial charge >= 0.3 is 0 Å². The van der Waals surface area contributed by atoms with E-state index in [1.807, 2.05) is 6.92 Å². The zero-order chi connectivity index (χ0) is 14.3. The van der Waals surface area contributed by atoms with E-state index in [0.717, 1.165) is 17.9 Å². The van der Waals surface area contributed by atoms with Crippen molar-refractivity contribution in [3.8, 4) is 5.88 Å². The molecule has 2 heterocycles. The number of hydrogen-bond acceptors (Lipinski definition) is 4. The summed E-state index contributed by atoms with van der Waals surface area (Å²) in [5.74, 6) is 1.99. The third kappa shape index (κ3) is 2.04. The third-order valence-electron chi connectivity index (χ3n) is 4.17. The highest BCUT2D eigenvalue weighted by atomic mass is 35.5. The Hall–Kier alpha value is -1.36. The molecule has 3 atom stereocenters. The lowest BCUT2D eigenvalue weighted by molar-refractivity contribution is 0.399. The molecule has 0 bridgehead atoms. The highest BCUT2D eigenvalue weighted by Crippen LogP contribution is 2.40. The first-order chi connectivity index (χ1) is 9.63. The van der Waals surface area contributed by atoms with Crippen molar-refractivity contribution in [2.75, 3.05) is 7.11 Å². The van der Waals surface area contributed by atoms with Gasteiger partial charge in [0, 0.05) is 6.04 Å². The zero-order valence-corrected chi connectivity index (χ0v) is 12.8. The Morgan fingerprint density at radius 3 is 2.80 bits per heavy atom. The van der Waals surface area contributed by atoms with Crippen molar-refractivity contribution in [1.82, 2.24) is 19.5 Å². The minimum absolute atomic E-state index is 0.165. The second-order valence-corrected chi connectivity index (χ2v) is 6.14. The van der Waals surface area contributed by atoms with Crippen LogP contribution in [0, 0.1) is 5.92 Å². The van der Waals surface area contributed by atoms with Crippen LogP contribution in [0.15, 0.2) is 6.33 Å². The molecule has 1 aliphatic rings. The molecule has 0 N–H and O–H groups in total. The normalized spacial score (nSPS) is 24.2. The Kier molecular flexibility index (Phi) is 3.54. The molecule has 0 spiro atoms. The van der Waals surface area contributed by atoms with Crippen molar-refractivity contribution in [1.29, 1.82) is 0 Å². The van der Waals surface area contributed by atoms with Crippen molar-refractivity contribution >= 4 is 22.8 Å². The zero-order valence-electron chi connectivity index (χ0n) is 12.0. The number of imidazole rings is 1. The molecule has 2 aromatic heterocycles. The molecule has 0 aromatic carbocycles. The highest BCUT2D eigenvalue weighted by Gasteiger charge is 2.31. The second-order valence-electron chi connectivity index (χ2n) is 5.49. The molecule has 0 amide bonds. The molecule has 5 nitrogen and oxygen atoms in total. The van der Waals surface area contributed by atoms with Crippen LogP contribution in [0.4, 0.5) is 0 Å². The summed E-state index contributed by atoms with van der Waals surface area (Å²) in [7, 11) is 1.60. The fraction of sp³-hybridized carbons (Fsp3) is 0.643. The molecule has 0 saturated heterocycles. The average Bonchev–Trinajstić information content (AvgIpc) is 3.01. The maximum absolute atomic E-state index is 6.33. The topological polar surface area (TPSA) is 52.8 Å². The van der Waals surface area contributed by atoms with Gasteiger partial charge in [-0.15, -0.1) is 11.6 Å². The number of methoxy groups -OCH3 is 1. The van der Waals surface area contributed by atoms with E-state index in [1.54, 1.807) is 7.11 Å². The summed E-state index contributed by atoms with van der Waals surface area (Å²) >= 11 is 6.33. The summed E-state index contributed by atoms with van der Waals surface area (Å²) in [5, 5.41) is -0.165. The summed E-state index contributed by atoms with van der Waals surface area (Å²) in [6.45, 7) is 4.23. The van der Waals surface area contributed by atoms with Crippen LogP contribution >= 0.6 is 11.6 Å². The molecular weight excluding hydrogens is 276 g/mol. The first-order valence-electron chi connectivity index (χ1n) is 7.04. The number of nitrogens with zero attached hydrogens (tertiary/aromatic N) is 4. The standard InChI is InChI=1S/C14H19ClN4O/c1-8-5-4-6-10(8)19-12(9(2)15)18-11-13(19)16-7-17-14(11)20-3/h7-10H,4-6H2,1-3H3. The summed E-state index contributed by atoms with van der Waals surface area (Å²) in [6.07, 6.45) is 5.16. The Morgan fingerprint density at radius 2 is 2.20 bits per heavy atom. The van der Waals surface area contributed by atoms with Gasteiger partial charge in [-0.1, -0.05) is 13.3 Å². The molecule has 108 valence electrons. The predicted molar refractivity (Wildman–Crippen MR) is 78.2 cm³/mol. The fourth-order valence-corrected chi connectivity index (χ4v) is 3.33. The predicted octanol–water partition coefficient (Wildman–Crippen LogP) is 3.50. The van der Waals surface area contributed by atoms with Gasteiger partial charge in [-0.25, -0.2) is 9.97 Å². The number of aromatic nitrogens is 4. The van der Waals surface area contributed by atoms with Crippen molar-refractivity contribution in [3.63, 3.8) is 0 Å². The van der Waals surface area contributed by atoms with Crippen molar-refractivity contribution in [3.05, 3.63) is 12.2 Å². The minimum Gasteiger partial charge on any atom is -0.479 e. The molecule has 3 rings (SSSR count). The van der Waals surface area contributed by atoms with Gasteiger partial charge in [0.1, 0.15) is 12.2 Å². The Balaban J connectivity index is 2.24. The molecule has 2 aromatic rings. The van der Waals surface area contributed by atoms with E-state index in [1.165, 1.54) is 19.2 Å². The van der Waals surface area contributed by atoms with Gasteiger partial charge in [-0.05, 0) is 25.7 Å². The van der Waals surface area contributed by atoms with Crippen LogP contribution < -0.4 is 4.74 Å². The molecule has 6 heteroatoms. The summed E-state index contributed by atoms with van der Waals surface area (Å²) in [4.78, 5) is 13.2. The monoisotopic (exact) mass is 294 g/mol. The van der Waals surface area contributed by atoms with E-state index in [-0.39, 0.29) is 5.38 Å². The first kappa shape index (κ1) is 13.6. The SMILES string of the molecule is COc1ncnc2c1nc(C(C)Cl)n2C1CCCC1C. The van der Waals surface area contributed by atoms with Crippen LogP contribution in [0.25, 0.3) is 11.2 Å². The number of rotatable bonds is 3. The Morgan fingerprint density at radius 1 is 1.40 bits per heavy atom. The molecule has 0 aliphatic heterocycles. The largest absolute Gasteiger partial charge is 0.479 e. The van der Waals surface area contributed by atoms with Crippen LogP contribution in [0.1, 0.15) is 50.4 Å². The number of ether oxygens (including phenoxy) is 1. The quantitative estimate of drug-likeness (QED) is 0.813. The van der Waals surface area contributed by atoms with E-state index in [0.29, 0.717) is 23.4 Å². The van der Waals surface area contributed by atoms with E-state index < -0.39 is 0 Å². The van der Waals surface area contributed by atoms with Crippen LogP contribution in [-0.4, -0.2) is 26.6 Å². The number of halogens is 1. The number of hydrogen-bond donors (Lipinski definition) is 0. The van der Waals surface area contributed by atoms with Gasteiger partial charge in [-0.3, -0.25) is 0 Å². The van der Waals surface area contributed by atoms with Crippen LogP contribution in [0.2, 0.25) is 0 Å². The maximum atomic E-state index is 6.33. The maximum Gasteiger partial charge on any atom is 0.245 e. The van der Waals surface area contributed by atoms with Gasteiger partial charge in [0.2, 0.25) is 5.88 Å². The van der Waals surface area contributed by atoms with Crippen molar-refractivity contribution < 1.29 is 4.74 Å². The number of alkyl halides is 1. The van der Waals surface area contributed by atoms with Gasteiger partial charge in [0.15, 0.2) is 11.2 Å². The molecule has 1 saturated carbocycles. The Bertz CT molecular complexity index is 625. The van der Waals surface area contributed by atoms with E-state index in [9.17, 15) is 0 Å². The smallest absolute Gasteiger partial charge is 0.245 e. The second kappa shape index (κ2) is 5.20. The summed E-state index contributed by atoms with van der Waals surface area (Å²) < 4.78 is 7.50. The summed E-state index contributed by atoms with van der Waals surface area (Å²) in [6, 6.07) is 0.413. The molecule has 1 fully saturated rings. The van der Waals surface area contributed by atoms with Crippen molar-refractivity contribution in [2.24, 2.45) is 5.92 Å². The lowest BCUT2D eigenvalue weighted by atomic mass is 10.1. The lowest BCUT2D eigenvalue weighted by Crippen LogP contribution is -2.15.